The van der Waals surface area contributed by atoms with Crippen molar-refractivity contribution < 1.29 is 9.53 Å². The lowest BCUT2D eigenvalue weighted by Gasteiger charge is -2.22. The van der Waals surface area contributed by atoms with Crippen molar-refractivity contribution in [3.63, 3.8) is 0 Å². The van der Waals surface area contributed by atoms with Crippen LogP contribution in [0.5, 0.6) is 0 Å². The van der Waals surface area contributed by atoms with E-state index in [1.54, 1.807) is 12.1 Å². The summed E-state index contributed by atoms with van der Waals surface area (Å²) in [7, 11) is 3.78. The number of halogens is 1. The minimum absolute atomic E-state index is 0.493. The van der Waals surface area contributed by atoms with Crippen LogP contribution in [0.15, 0.2) is 18.2 Å². The lowest BCUT2D eigenvalue weighted by Crippen LogP contribution is -2.27. The monoisotopic (exact) mass is 270 g/mol. The first-order valence-electron chi connectivity index (χ1n) is 5.66. The maximum atomic E-state index is 11.7. The fourth-order valence-electron chi connectivity index (χ4n) is 1.41. The first-order valence-corrected chi connectivity index (χ1v) is 6.04. The molecule has 4 nitrogen and oxygen atoms in total. The largest absolute Gasteiger partial charge is 0.444 e. The molecular formula is C13H19ClN2O2. The second-order valence-electron chi connectivity index (χ2n) is 5.18. The molecule has 1 rings (SSSR count). The molecule has 1 aromatic rings. The van der Waals surface area contributed by atoms with Gasteiger partial charge in [0, 0.05) is 19.1 Å². The van der Waals surface area contributed by atoms with Gasteiger partial charge in [0.1, 0.15) is 5.60 Å². The van der Waals surface area contributed by atoms with Crippen LogP contribution < -0.4 is 10.2 Å². The Morgan fingerprint density at radius 1 is 1.33 bits per heavy atom. The highest BCUT2D eigenvalue weighted by Crippen LogP contribution is 2.28. The van der Waals surface area contributed by atoms with Crippen molar-refractivity contribution >= 4 is 29.1 Å². The number of nitrogens with zero attached hydrogens (tertiary/aromatic N) is 1. The van der Waals surface area contributed by atoms with Gasteiger partial charge in [0.25, 0.3) is 0 Å². The van der Waals surface area contributed by atoms with Crippen molar-refractivity contribution in [2.75, 3.05) is 24.3 Å². The molecule has 18 heavy (non-hydrogen) atoms. The number of benzene rings is 1. The molecule has 0 spiro atoms. The van der Waals surface area contributed by atoms with Crippen LogP contribution in [-0.4, -0.2) is 25.8 Å². The zero-order valence-electron chi connectivity index (χ0n) is 11.4. The highest BCUT2D eigenvalue weighted by Gasteiger charge is 2.17. The number of ether oxygens (including phenoxy) is 1. The molecular weight excluding hydrogens is 252 g/mol. The zero-order chi connectivity index (χ0) is 13.9. The van der Waals surface area contributed by atoms with E-state index in [-0.39, 0.29) is 0 Å². The number of carbonyl (C=O) groups is 1. The summed E-state index contributed by atoms with van der Waals surface area (Å²) in [6, 6.07) is 5.31. The molecule has 0 aliphatic rings. The van der Waals surface area contributed by atoms with Gasteiger partial charge in [-0.15, -0.1) is 0 Å². The summed E-state index contributed by atoms with van der Waals surface area (Å²) < 4.78 is 5.20. The van der Waals surface area contributed by atoms with Gasteiger partial charge in [0.05, 0.1) is 11.4 Å². The number of amides is 1. The van der Waals surface area contributed by atoms with Crippen LogP contribution in [0.25, 0.3) is 0 Å². The molecule has 0 aliphatic heterocycles. The summed E-state index contributed by atoms with van der Waals surface area (Å²) in [6.07, 6.45) is -0.493. The van der Waals surface area contributed by atoms with E-state index in [0.717, 1.165) is 5.69 Å². The Labute approximate surface area is 113 Å². The van der Waals surface area contributed by atoms with Crippen molar-refractivity contribution in [1.29, 1.82) is 0 Å². The number of nitrogens with one attached hydrogen (secondary N) is 1. The van der Waals surface area contributed by atoms with Gasteiger partial charge >= 0.3 is 6.09 Å². The number of carbonyl (C=O) groups excluding carboxylic acids is 1. The lowest BCUT2D eigenvalue weighted by molar-refractivity contribution is 0.0636. The third-order valence-electron chi connectivity index (χ3n) is 2.08. The van der Waals surface area contributed by atoms with Gasteiger partial charge in [-0.3, -0.25) is 5.32 Å². The van der Waals surface area contributed by atoms with E-state index >= 15 is 0 Å². The molecule has 1 amide bonds. The van der Waals surface area contributed by atoms with E-state index in [4.69, 9.17) is 16.3 Å². The van der Waals surface area contributed by atoms with Crippen LogP contribution in [0.1, 0.15) is 20.8 Å². The molecule has 0 aromatic heterocycles. The molecule has 100 valence electrons. The Hall–Kier alpha value is -1.42. The predicted octanol–water partition coefficient (Wildman–Crippen LogP) is 3.75. The van der Waals surface area contributed by atoms with Crippen LogP contribution in [0.3, 0.4) is 0 Å². The van der Waals surface area contributed by atoms with Gasteiger partial charge in [-0.25, -0.2) is 4.79 Å². The second-order valence-corrected chi connectivity index (χ2v) is 5.62. The zero-order valence-corrected chi connectivity index (χ0v) is 12.1. The van der Waals surface area contributed by atoms with E-state index < -0.39 is 11.7 Å². The molecule has 5 heteroatoms. The van der Waals surface area contributed by atoms with Crippen molar-refractivity contribution in [3.05, 3.63) is 23.2 Å². The second kappa shape index (κ2) is 5.48. The number of anilines is 2. The quantitative estimate of drug-likeness (QED) is 0.890. The lowest BCUT2D eigenvalue weighted by atomic mass is 10.2. The highest BCUT2D eigenvalue weighted by molar-refractivity contribution is 6.31. The van der Waals surface area contributed by atoms with E-state index in [1.165, 1.54) is 0 Å². The minimum Gasteiger partial charge on any atom is -0.444 e. The highest BCUT2D eigenvalue weighted by atomic mass is 35.5. The molecule has 0 atom stereocenters. The Balaban J connectivity index is 2.89. The van der Waals surface area contributed by atoms with Crippen LogP contribution in [0.4, 0.5) is 16.2 Å². The van der Waals surface area contributed by atoms with Gasteiger partial charge in [-0.1, -0.05) is 11.6 Å². The van der Waals surface area contributed by atoms with E-state index in [9.17, 15) is 4.79 Å². The maximum absolute atomic E-state index is 11.7. The summed E-state index contributed by atoms with van der Waals surface area (Å²) >= 11 is 5.93. The van der Waals surface area contributed by atoms with Crippen LogP contribution in [0.2, 0.25) is 5.02 Å². The van der Waals surface area contributed by atoms with Gasteiger partial charge in [-0.05, 0) is 39.0 Å². The summed E-state index contributed by atoms with van der Waals surface area (Å²) in [5.41, 5.74) is 0.966. The standard InChI is InChI=1S/C13H19ClN2O2/c1-13(2,3)18-12(17)15-10-8-9(14)6-7-11(10)16(4)5/h6-8H,1-5H3,(H,15,17). The molecule has 0 bridgehead atoms. The Morgan fingerprint density at radius 3 is 2.44 bits per heavy atom. The number of hydrogen-bond donors (Lipinski definition) is 1. The fraction of sp³-hybridized carbons (Fsp3) is 0.462. The summed E-state index contributed by atoms with van der Waals surface area (Å²) in [6.45, 7) is 5.45. The first-order chi connectivity index (χ1) is 8.19. The average Bonchev–Trinajstić information content (AvgIpc) is 2.13. The topological polar surface area (TPSA) is 41.6 Å². The summed E-state index contributed by atoms with van der Waals surface area (Å²) in [5.74, 6) is 0. The van der Waals surface area contributed by atoms with Crippen molar-refractivity contribution in [2.24, 2.45) is 0 Å². The van der Waals surface area contributed by atoms with Crippen LogP contribution in [0, 0.1) is 0 Å². The van der Waals surface area contributed by atoms with E-state index in [0.29, 0.717) is 10.7 Å². The SMILES string of the molecule is CN(C)c1ccc(Cl)cc1NC(=O)OC(C)(C)C. The Bertz CT molecular complexity index is 439. The third kappa shape index (κ3) is 4.45. The van der Waals surface area contributed by atoms with E-state index in [1.807, 2.05) is 45.8 Å². The fourth-order valence-corrected chi connectivity index (χ4v) is 1.58. The molecule has 1 N–H and O–H groups in total. The van der Waals surface area contributed by atoms with Crippen LogP contribution in [-0.2, 0) is 4.74 Å². The first kappa shape index (κ1) is 14.6. The third-order valence-corrected chi connectivity index (χ3v) is 2.31. The minimum atomic E-state index is -0.527. The summed E-state index contributed by atoms with van der Waals surface area (Å²) in [5, 5.41) is 3.26. The molecule has 0 saturated carbocycles. The smallest absolute Gasteiger partial charge is 0.412 e. The summed E-state index contributed by atoms with van der Waals surface area (Å²) in [4.78, 5) is 13.6. The van der Waals surface area contributed by atoms with E-state index in [2.05, 4.69) is 5.32 Å². The molecule has 0 saturated heterocycles. The van der Waals surface area contributed by atoms with Crippen molar-refractivity contribution in [1.82, 2.24) is 0 Å². The molecule has 0 heterocycles. The normalized spacial score (nSPS) is 11.0. The molecule has 0 unspecified atom stereocenters. The maximum Gasteiger partial charge on any atom is 0.412 e. The predicted molar refractivity (Wildman–Crippen MR) is 75.6 cm³/mol. The van der Waals surface area contributed by atoms with Gasteiger partial charge in [0.2, 0.25) is 0 Å². The van der Waals surface area contributed by atoms with Gasteiger partial charge in [0.15, 0.2) is 0 Å². The average molecular weight is 271 g/mol. The Morgan fingerprint density at radius 2 is 1.94 bits per heavy atom. The van der Waals surface area contributed by atoms with Gasteiger partial charge in [-0.2, -0.15) is 0 Å². The molecule has 0 aliphatic carbocycles. The molecule has 0 fully saturated rings. The van der Waals surface area contributed by atoms with Crippen LogP contribution >= 0.6 is 11.6 Å². The van der Waals surface area contributed by atoms with Crippen molar-refractivity contribution in [3.8, 4) is 0 Å². The van der Waals surface area contributed by atoms with Gasteiger partial charge < -0.3 is 9.64 Å². The number of hydrogen-bond acceptors (Lipinski definition) is 3. The van der Waals surface area contributed by atoms with Crippen molar-refractivity contribution in [2.45, 2.75) is 26.4 Å². The molecule has 0 radical (unpaired) electrons. The number of rotatable bonds is 2. The Kier molecular flexibility index (Phi) is 4.46. The molecule has 1 aromatic carbocycles.